The topological polar surface area (TPSA) is 0 Å². The van der Waals surface area contributed by atoms with Crippen molar-refractivity contribution in [3.05, 3.63) is 35.9 Å². The monoisotopic (exact) mass is 302 g/mol. The molecule has 0 saturated carbocycles. The summed E-state index contributed by atoms with van der Waals surface area (Å²) in [5.74, 6) is 0.629. The minimum Gasteiger partial charge on any atom is -0.0785 e. The Hall–Kier alpha value is -0.0500. The molecule has 1 aromatic carbocycles. The zero-order valence-electron chi connectivity index (χ0n) is 9.26. The van der Waals surface area contributed by atoms with Crippen molar-refractivity contribution >= 4 is 22.6 Å². The van der Waals surface area contributed by atoms with Gasteiger partial charge in [-0.25, -0.2) is 0 Å². The fourth-order valence-corrected chi connectivity index (χ4v) is 2.69. The maximum absolute atomic E-state index is 2.61. The van der Waals surface area contributed by atoms with E-state index in [1.165, 1.54) is 18.4 Å². The van der Waals surface area contributed by atoms with Gasteiger partial charge in [0, 0.05) is 3.42 Å². The second-order valence-corrected chi connectivity index (χ2v) is 6.62. The van der Waals surface area contributed by atoms with Crippen molar-refractivity contribution in [2.75, 3.05) is 0 Å². The standard InChI is InChI=1S/C13H19I/c1-4-10-13(3,14)11(2)12-8-6-5-7-9-12/h5-9,11H,4,10H2,1-3H3. The van der Waals surface area contributed by atoms with E-state index in [1.54, 1.807) is 0 Å². The van der Waals surface area contributed by atoms with Crippen molar-refractivity contribution in [3.8, 4) is 0 Å². The molecule has 0 nitrogen and oxygen atoms in total. The van der Waals surface area contributed by atoms with Crippen molar-refractivity contribution in [1.29, 1.82) is 0 Å². The molecule has 0 amide bonds. The Balaban J connectivity index is 2.79. The van der Waals surface area contributed by atoms with Crippen LogP contribution in [0.25, 0.3) is 0 Å². The van der Waals surface area contributed by atoms with Gasteiger partial charge in [-0.05, 0) is 24.8 Å². The molecule has 0 fully saturated rings. The molecule has 2 atom stereocenters. The first kappa shape index (κ1) is 12.0. The number of rotatable bonds is 4. The quantitative estimate of drug-likeness (QED) is 0.554. The highest BCUT2D eigenvalue weighted by molar-refractivity contribution is 14.1. The second kappa shape index (κ2) is 5.15. The van der Waals surface area contributed by atoms with E-state index in [-0.39, 0.29) is 0 Å². The van der Waals surface area contributed by atoms with Gasteiger partial charge in [-0.15, -0.1) is 0 Å². The van der Waals surface area contributed by atoms with Gasteiger partial charge in [-0.2, -0.15) is 0 Å². The summed E-state index contributed by atoms with van der Waals surface area (Å²) in [5.41, 5.74) is 1.46. The largest absolute Gasteiger partial charge is 0.0785 e. The predicted molar refractivity (Wildman–Crippen MR) is 72.2 cm³/mol. The average molecular weight is 302 g/mol. The molecule has 1 heteroatoms. The van der Waals surface area contributed by atoms with Crippen molar-refractivity contribution in [2.45, 2.75) is 43.0 Å². The van der Waals surface area contributed by atoms with E-state index in [2.05, 4.69) is 73.7 Å². The van der Waals surface area contributed by atoms with Gasteiger partial charge in [0.1, 0.15) is 0 Å². The molecule has 0 aliphatic rings. The molecule has 78 valence electrons. The first-order valence-electron chi connectivity index (χ1n) is 5.32. The second-order valence-electron chi connectivity index (χ2n) is 4.16. The van der Waals surface area contributed by atoms with Crippen molar-refractivity contribution < 1.29 is 0 Å². The fraction of sp³-hybridized carbons (Fsp3) is 0.538. The van der Waals surface area contributed by atoms with Gasteiger partial charge in [0.25, 0.3) is 0 Å². The molecule has 0 N–H and O–H groups in total. The summed E-state index contributed by atoms with van der Waals surface area (Å²) in [6.45, 7) is 6.95. The number of alkyl halides is 1. The Morgan fingerprint density at radius 3 is 2.36 bits per heavy atom. The molecule has 0 saturated heterocycles. The van der Waals surface area contributed by atoms with Crippen LogP contribution in [-0.2, 0) is 0 Å². The summed E-state index contributed by atoms with van der Waals surface area (Å²) < 4.78 is 0.383. The minimum absolute atomic E-state index is 0.383. The van der Waals surface area contributed by atoms with Crippen LogP contribution < -0.4 is 0 Å². The molecule has 1 aromatic rings. The van der Waals surface area contributed by atoms with Crippen LogP contribution in [0.4, 0.5) is 0 Å². The van der Waals surface area contributed by atoms with Crippen LogP contribution in [-0.4, -0.2) is 3.42 Å². The minimum atomic E-state index is 0.383. The maximum Gasteiger partial charge on any atom is 0.0259 e. The lowest BCUT2D eigenvalue weighted by Crippen LogP contribution is -2.23. The third-order valence-electron chi connectivity index (χ3n) is 2.94. The molecule has 0 heterocycles. The molecule has 0 aromatic heterocycles. The summed E-state index contributed by atoms with van der Waals surface area (Å²) in [7, 11) is 0. The average Bonchev–Trinajstić information content (AvgIpc) is 2.18. The Morgan fingerprint density at radius 2 is 1.86 bits per heavy atom. The van der Waals surface area contributed by atoms with Gasteiger partial charge in [-0.1, -0.05) is 73.2 Å². The van der Waals surface area contributed by atoms with E-state index in [0.29, 0.717) is 9.34 Å². The molecule has 2 unspecified atom stereocenters. The third kappa shape index (κ3) is 2.97. The van der Waals surface area contributed by atoms with E-state index in [0.717, 1.165) is 0 Å². The molecule has 14 heavy (non-hydrogen) atoms. The maximum atomic E-state index is 2.61. The van der Waals surface area contributed by atoms with Crippen LogP contribution in [0.5, 0.6) is 0 Å². The Kier molecular flexibility index (Phi) is 4.42. The lowest BCUT2D eigenvalue weighted by molar-refractivity contribution is 0.521. The third-order valence-corrected chi connectivity index (χ3v) is 4.41. The summed E-state index contributed by atoms with van der Waals surface area (Å²) >= 11 is 2.61. The Labute approximate surface area is 101 Å². The summed E-state index contributed by atoms with van der Waals surface area (Å²) in [4.78, 5) is 0. The Morgan fingerprint density at radius 1 is 1.29 bits per heavy atom. The lowest BCUT2D eigenvalue weighted by Gasteiger charge is -2.30. The molecule has 0 spiro atoms. The molecule has 0 bridgehead atoms. The van der Waals surface area contributed by atoms with Crippen LogP contribution in [0.3, 0.4) is 0 Å². The van der Waals surface area contributed by atoms with Gasteiger partial charge in [0.15, 0.2) is 0 Å². The van der Waals surface area contributed by atoms with Crippen LogP contribution >= 0.6 is 22.6 Å². The smallest absolute Gasteiger partial charge is 0.0259 e. The predicted octanol–water partition coefficient (Wildman–Crippen LogP) is 4.78. The van der Waals surface area contributed by atoms with E-state index in [4.69, 9.17) is 0 Å². The van der Waals surface area contributed by atoms with Crippen molar-refractivity contribution in [3.63, 3.8) is 0 Å². The van der Waals surface area contributed by atoms with E-state index in [9.17, 15) is 0 Å². The van der Waals surface area contributed by atoms with Crippen molar-refractivity contribution in [2.24, 2.45) is 0 Å². The van der Waals surface area contributed by atoms with E-state index >= 15 is 0 Å². The van der Waals surface area contributed by atoms with Crippen molar-refractivity contribution in [1.82, 2.24) is 0 Å². The van der Waals surface area contributed by atoms with Crippen LogP contribution in [0.1, 0.15) is 45.1 Å². The van der Waals surface area contributed by atoms with Gasteiger partial charge in [0.2, 0.25) is 0 Å². The van der Waals surface area contributed by atoms with Crippen LogP contribution in [0.2, 0.25) is 0 Å². The van der Waals surface area contributed by atoms with Crippen LogP contribution in [0.15, 0.2) is 30.3 Å². The van der Waals surface area contributed by atoms with Crippen LogP contribution in [0, 0.1) is 0 Å². The summed E-state index contributed by atoms with van der Waals surface area (Å²) in [6, 6.07) is 10.8. The molecule has 0 aliphatic heterocycles. The Bertz CT molecular complexity index is 264. The summed E-state index contributed by atoms with van der Waals surface area (Å²) in [6.07, 6.45) is 2.54. The lowest BCUT2D eigenvalue weighted by atomic mass is 9.86. The zero-order chi connectivity index (χ0) is 10.6. The van der Waals surface area contributed by atoms with Gasteiger partial charge >= 0.3 is 0 Å². The summed E-state index contributed by atoms with van der Waals surface area (Å²) in [5, 5.41) is 0. The number of hydrogen-bond donors (Lipinski definition) is 0. The zero-order valence-corrected chi connectivity index (χ0v) is 11.4. The highest BCUT2D eigenvalue weighted by Gasteiger charge is 2.27. The first-order chi connectivity index (χ1) is 6.58. The molecule has 0 aliphatic carbocycles. The SMILES string of the molecule is CCCC(C)(I)C(C)c1ccccc1. The molecule has 1 rings (SSSR count). The highest BCUT2D eigenvalue weighted by atomic mass is 127. The van der Waals surface area contributed by atoms with Gasteiger partial charge < -0.3 is 0 Å². The van der Waals surface area contributed by atoms with Gasteiger partial charge in [0.05, 0.1) is 0 Å². The highest BCUT2D eigenvalue weighted by Crippen LogP contribution is 2.39. The van der Waals surface area contributed by atoms with E-state index < -0.39 is 0 Å². The molecular formula is C13H19I. The van der Waals surface area contributed by atoms with Gasteiger partial charge in [-0.3, -0.25) is 0 Å². The number of benzene rings is 1. The number of hydrogen-bond acceptors (Lipinski definition) is 0. The molecular weight excluding hydrogens is 283 g/mol. The fourth-order valence-electron chi connectivity index (χ4n) is 1.79. The number of halogens is 1. The van der Waals surface area contributed by atoms with E-state index in [1.807, 2.05) is 0 Å². The first-order valence-corrected chi connectivity index (χ1v) is 6.39. The molecule has 0 radical (unpaired) electrons. The normalized spacial score (nSPS) is 17.4.